The van der Waals surface area contributed by atoms with E-state index in [0.717, 1.165) is 25.9 Å². The van der Waals surface area contributed by atoms with Gasteiger partial charge in [0, 0.05) is 31.4 Å². The highest BCUT2D eigenvalue weighted by molar-refractivity contribution is 5.56. The van der Waals surface area contributed by atoms with Crippen LogP contribution < -0.4 is 10.6 Å². The molecule has 0 aromatic heterocycles. The van der Waals surface area contributed by atoms with Crippen molar-refractivity contribution in [1.82, 2.24) is 4.90 Å². The number of rotatable bonds is 1. The predicted octanol–water partition coefficient (Wildman–Crippen LogP) is 2.22. The molecule has 1 aromatic rings. The lowest BCUT2D eigenvalue weighted by atomic mass is 10.2. The lowest BCUT2D eigenvalue weighted by Gasteiger charge is -2.28. The van der Waals surface area contributed by atoms with E-state index in [1.165, 1.54) is 18.6 Å². The second-order valence-corrected chi connectivity index (χ2v) is 5.46. The molecule has 3 nitrogen and oxygen atoms in total. The van der Waals surface area contributed by atoms with Crippen LogP contribution in [0.15, 0.2) is 12.1 Å². The molecule has 0 bridgehead atoms. The van der Waals surface area contributed by atoms with Gasteiger partial charge in [0.05, 0.1) is 0 Å². The van der Waals surface area contributed by atoms with Crippen molar-refractivity contribution < 1.29 is 8.78 Å². The largest absolute Gasteiger partial charge is 0.399 e. The topological polar surface area (TPSA) is 32.5 Å². The van der Waals surface area contributed by atoms with E-state index < -0.39 is 11.6 Å². The summed E-state index contributed by atoms with van der Waals surface area (Å²) < 4.78 is 28.0. The Morgan fingerprint density at radius 3 is 2.47 bits per heavy atom. The van der Waals surface area contributed by atoms with Gasteiger partial charge in [-0.25, -0.2) is 8.78 Å². The third-order valence-corrected chi connectivity index (χ3v) is 4.16. The minimum absolute atomic E-state index is 0.0861. The second kappa shape index (κ2) is 4.96. The molecule has 0 saturated carbocycles. The number of fused-ring (bicyclic) bond motifs is 1. The van der Waals surface area contributed by atoms with Gasteiger partial charge in [-0.05, 0) is 37.9 Å². The average Bonchev–Trinajstić information content (AvgIpc) is 2.67. The third kappa shape index (κ3) is 2.39. The molecule has 19 heavy (non-hydrogen) atoms. The predicted molar refractivity (Wildman–Crippen MR) is 72.2 cm³/mol. The average molecular weight is 267 g/mol. The summed E-state index contributed by atoms with van der Waals surface area (Å²) in [7, 11) is 0. The Bertz CT molecular complexity index is 455. The van der Waals surface area contributed by atoms with Gasteiger partial charge in [-0.15, -0.1) is 0 Å². The molecule has 2 aliphatic rings. The van der Waals surface area contributed by atoms with Crippen molar-refractivity contribution in [2.24, 2.45) is 0 Å². The molecule has 2 aliphatic heterocycles. The van der Waals surface area contributed by atoms with Crippen LogP contribution in [0.4, 0.5) is 20.2 Å². The number of nitrogen functional groups attached to an aromatic ring is 1. The lowest BCUT2D eigenvalue weighted by Crippen LogP contribution is -2.37. The third-order valence-electron chi connectivity index (χ3n) is 4.16. The zero-order valence-electron chi connectivity index (χ0n) is 10.9. The van der Waals surface area contributed by atoms with Crippen LogP contribution in [0.5, 0.6) is 0 Å². The van der Waals surface area contributed by atoms with E-state index in [2.05, 4.69) is 4.90 Å². The van der Waals surface area contributed by atoms with Crippen LogP contribution in [0.1, 0.15) is 19.3 Å². The minimum atomic E-state index is -0.552. The summed E-state index contributed by atoms with van der Waals surface area (Å²) in [6, 6.07) is 2.84. The number of anilines is 2. The van der Waals surface area contributed by atoms with E-state index in [4.69, 9.17) is 5.73 Å². The highest BCUT2D eigenvalue weighted by Gasteiger charge is 2.30. The summed E-state index contributed by atoms with van der Waals surface area (Å²) in [5, 5.41) is 0. The molecule has 2 heterocycles. The fraction of sp³-hybridized carbons (Fsp3) is 0.571. The highest BCUT2D eigenvalue weighted by atomic mass is 19.1. The second-order valence-electron chi connectivity index (χ2n) is 5.46. The van der Waals surface area contributed by atoms with Gasteiger partial charge in [0.15, 0.2) is 11.6 Å². The van der Waals surface area contributed by atoms with E-state index in [1.807, 2.05) is 4.90 Å². The molecule has 1 unspecified atom stereocenters. The van der Waals surface area contributed by atoms with E-state index in [-0.39, 0.29) is 11.4 Å². The molecular weight excluding hydrogens is 248 g/mol. The Balaban J connectivity index is 1.89. The highest BCUT2D eigenvalue weighted by Crippen LogP contribution is 2.30. The number of halogens is 2. The molecule has 2 fully saturated rings. The fourth-order valence-corrected chi connectivity index (χ4v) is 3.30. The zero-order chi connectivity index (χ0) is 13.4. The summed E-state index contributed by atoms with van der Waals surface area (Å²) in [4.78, 5) is 4.28. The summed E-state index contributed by atoms with van der Waals surface area (Å²) in [5.41, 5.74) is 5.69. The first-order valence-corrected chi connectivity index (χ1v) is 6.88. The van der Waals surface area contributed by atoms with Gasteiger partial charge < -0.3 is 10.6 Å². The quantitative estimate of drug-likeness (QED) is 0.792. The molecule has 1 aromatic carbocycles. The fourth-order valence-electron chi connectivity index (χ4n) is 3.30. The molecule has 104 valence electrons. The monoisotopic (exact) mass is 267 g/mol. The van der Waals surface area contributed by atoms with Gasteiger partial charge in [0.25, 0.3) is 0 Å². The maximum Gasteiger partial charge on any atom is 0.151 e. The van der Waals surface area contributed by atoms with Gasteiger partial charge in [0.1, 0.15) is 5.69 Å². The van der Waals surface area contributed by atoms with Gasteiger partial charge in [-0.3, -0.25) is 4.90 Å². The van der Waals surface area contributed by atoms with E-state index >= 15 is 0 Å². The zero-order valence-corrected chi connectivity index (χ0v) is 10.9. The van der Waals surface area contributed by atoms with Crippen molar-refractivity contribution in [3.05, 3.63) is 23.8 Å². The number of hydrogen-bond acceptors (Lipinski definition) is 3. The Morgan fingerprint density at radius 1 is 1.05 bits per heavy atom. The van der Waals surface area contributed by atoms with E-state index in [1.54, 1.807) is 0 Å². The van der Waals surface area contributed by atoms with Crippen LogP contribution in [0.3, 0.4) is 0 Å². The number of nitrogens with zero attached hydrogens (tertiary/aromatic N) is 2. The van der Waals surface area contributed by atoms with E-state index in [9.17, 15) is 8.78 Å². The molecule has 0 aliphatic carbocycles. The lowest BCUT2D eigenvalue weighted by molar-refractivity contribution is 0.273. The Hall–Kier alpha value is -1.36. The van der Waals surface area contributed by atoms with Crippen LogP contribution in [-0.2, 0) is 0 Å². The number of benzene rings is 1. The Kier molecular flexibility index (Phi) is 3.31. The van der Waals surface area contributed by atoms with Crippen LogP contribution >= 0.6 is 0 Å². The van der Waals surface area contributed by atoms with Crippen LogP contribution in [0.2, 0.25) is 0 Å². The van der Waals surface area contributed by atoms with Crippen LogP contribution in [-0.4, -0.2) is 37.1 Å². The van der Waals surface area contributed by atoms with Crippen molar-refractivity contribution in [2.75, 3.05) is 36.8 Å². The van der Waals surface area contributed by atoms with Crippen LogP contribution in [0, 0.1) is 11.6 Å². The molecule has 0 spiro atoms. The standard InChI is InChI=1S/C14H19F2N3/c15-12-7-10(17)8-13(16)14(12)19-6-2-5-18-4-1-3-11(18)9-19/h7-8,11H,1-6,9,17H2. The van der Waals surface area contributed by atoms with E-state index in [0.29, 0.717) is 19.1 Å². The summed E-state index contributed by atoms with van der Waals surface area (Å²) in [6.07, 6.45) is 3.25. The summed E-state index contributed by atoms with van der Waals surface area (Å²) in [6.45, 7) is 3.55. The van der Waals surface area contributed by atoms with Gasteiger partial charge >= 0.3 is 0 Å². The van der Waals surface area contributed by atoms with Crippen molar-refractivity contribution in [3.63, 3.8) is 0 Å². The number of hydrogen-bond donors (Lipinski definition) is 1. The molecular formula is C14H19F2N3. The van der Waals surface area contributed by atoms with Crippen LogP contribution in [0.25, 0.3) is 0 Å². The van der Waals surface area contributed by atoms with Gasteiger partial charge in [-0.2, -0.15) is 0 Å². The smallest absolute Gasteiger partial charge is 0.151 e. The van der Waals surface area contributed by atoms with Crippen molar-refractivity contribution in [1.29, 1.82) is 0 Å². The van der Waals surface area contributed by atoms with Crippen molar-refractivity contribution in [3.8, 4) is 0 Å². The molecule has 2 N–H and O–H groups in total. The first-order chi connectivity index (χ1) is 9.15. The SMILES string of the molecule is Nc1cc(F)c(N2CCCN3CCCC3C2)c(F)c1. The molecule has 2 saturated heterocycles. The maximum absolute atomic E-state index is 14.0. The Morgan fingerprint density at radius 2 is 1.74 bits per heavy atom. The minimum Gasteiger partial charge on any atom is -0.399 e. The molecule has 3 rings (SSSR count). The first kappa shape index (κ1) is 12.7. The van der Waals surface area contributed by atoms with Crippen molar-refractivity contribution >= 4 is 11.4 Å². The van der Waals surface area contributed by atoms with Crippen molar-refractivity contribution in [2.45, 2.75) is 25.3 Å². The summed E-state index contributed by atoms with van der Waals surface area (Å²) >= 11 is 0. The first-order valence-electron chi connectivity index (χ1n) is 6.88. The molecule has 1 atom stereocenters. The number of nitrogens with two attached hydrogens (primary N) is 1. The van der Waals surface area contributed by atoms with Gasteiger partial charge in [0.2, 0.25) is 0 Å². The summed E-state index contributed by atoms with van der Waals surface area (Å²) in [5.74, 6) is -1.10. The Labute approximate surface area is 112 Å². The molecule has 5 heteroatoms. The normalized spacial score (nSPS) is 24.3. The maximum atomic E-state index is 14.0. The molecule has 0 amide bonds. The molecule has 0 radical (unpaired) electrons. The van der Waals surface area contributed by atoms with Gasteiger partial charge in [-0.1, -0.05) is 0 Å².